The molecule has 71 heavy (non-hydrogen) atoms. The summed E-state index contributed by atoms with van der Waals surface area (Å²) in [5.41, 5.74) is 16.4. The van der Waals surface area contributed by atoms with E-state index in [-0.39, 0.29) is 0 Å². The second kappa shape index (κ2) is 14.5. The van der Waals surface area contributed by atoms with Crippen LogP contribution >= 0.6 is 11.8 Å². The van der Waals surface area contributed by atoms with Gasteiger partial charge in [-0.3, -0.25) is 19.1 Å². The molecule has 2 aliphatic rings. The van der Waals surface area contributed by atoms with Gasteiger partial charge in [-0.25, -0.2) is 4.98 Å². The monoisotopic (exact) mass is 922 g/mol. The minimum Gasteiger partial charge on any atom is -0.309 e. The maximum atomic E-state index is 5.43. The summed E-state index contributed by atoms with van der Waals surface area (Å²) in [7, 11) is 0. The van der Waals surface area contributed by atoms with Crippen LogP contribution in [0.2, 0.25) is 0 Å². The van der Waals surface area contributed by atoms with Crippen molar-refractivity contribution in [3.8, 4) is 39.8 Å². The number of para-hydroxylation sites is 5. The molecule has 0 saturated carbocycles. The van der Waals surface area contributed by atoms with Crippen molar-refractivity contribution in [1.82, 2.24) is 28.7 Å². The zero-order valence-corrected chi connectivity index (χ0v) is 38.8. The highest BCUT2D eigenvalue weighted by Crippen LogP contribution is 2.62. The van der Waals surface area contributed by atoms with Crippen molar-refractivity contribution >= 4 is 77.2 Å². The van der Waals surface area contributed by atoms with Gasteiger partial charge in [-0.05, 0) is 124 Å². The van der Waals surface area contributed by atoms with E-state index in [1.54, 1.807) is 0 Å². The van der Waals surface area contributed by atoms with Crippen molar-refractivity contribution < 1.29 is 0 Å². The molecule has 14 aromatic rings. The van der Waals surface area contributed by atoms with Crippen molar-refractivity contribution in [2.45, 2.75) is 15.2 Å². The van der Waals surface area contributed by atoms with Crippen LogP contribution in [0, 0.1) is 0 Å². The molecule has 0 radical (unpaired) electrons. The number of benzene rings is 8. The molecule has 0 N–H and O–H groups in total. The van der Waals surface area contributed by atoms with Gasteiger partial charge in [0.1, 0.15) is 11.6 Å². The molecule has 16 rings (SSSR count). The zero-order valence-electron chi connectivity index (χ0n) is 38.0. The molecule has 1 aliphatic heterocycles. The molecule has 0 saturated heterocycles. The molecule has 1 aliphatic carbocycles. The van der Waals surface area contributed by atoms with Gasteiger partial charge in [0.15, 0.2) is 0 Å². The summed E-state index contributed by atoms with van der Waals surface area (Å²) in [5, 5.41) is 7.30. The highest BCUT2D eigenvalue weighted by atomic mass is 32.2. The quantitative estimate of drug-likeness (QED) is 0.176. The van der Waals surface area contributed by atoms with Crippen LogP contribution in [0.4, 0.5) is 0 Å². The summed E-state index contributed by atoms with van der Waals surface area (Å²) in [6, 6.07) is 79.6. The summed E-state index contributed by atoms with van der Waals surface area (Å²) in [4.78, 5) is 18.0. The van der Waals surface area contributed by atoms with Gasteiger partial charge in [0.2, 0.25) is 0 Å². The number of aromatic nitrogens is 6. The molecule has 7 heterocycles. The van der Waals surface area contributed by atoms with E-state index in [1.807, 2.05) is 24.2 Å². The lowest BCUT2D eigenvalue weighted by Gasteiger charge is -2.39. The third kappa shape index (κ3) is 5.25. The maximum absolute atomic E-state index is 5.43. The summed E-state index contributed by atoms with van der Waals surface area (Å²) in [5.74, 6) is 1.76. The fourth-order valence-electron chi connectivity index (χ4n) is 12.3. The number of pyridine rings is 3. The second-order valence-electron chi connectivity index (χ2n) is 18.7. The zero-order chi connectivity index (χ0) is 46.4. The third-order valence-electron chi connectivity index (χ3n) is 15.2. The highest BCUT2D eigenvalue weighted by Gasteiger charge is 2.51. The molecule has 7 heteroatoms. The topological polar surface area (TPSA) is 53.5 Å². The predicted octanol–water partition coefficient (Wildman–Crippen LogP) is 15.7. The van der Waals surface area contributed by atoms with Gasteiger partial charge >= 0.3 is 0 Å². The summed E-state index contributed by atoms with van der Waals surface area (Å²) in [6.45, 7) is 0. The van der Waals surface area contributed by atoms with E-state index in [4.69, 9.17) is 15.0 Å². The van der Waals surface area contributed by atoms with Crippen LogP contribution in [0.15, 0.2) is 241 Å². The van der Waals surface area contributed by atoms with Crippen LogP contribution < -0.4 is 0 Å². The minimum atomic E-state index is -0.644. The highest BCUT2D eigenvalue weighted by molar-refractivity contribution is 7.99. The average Bonchev–Trinajstić information content (AvgIpc) is 4.15. The molecule has 0 unspecified atom stereocenters. The van der Waals surface area contributed by atoms with Crippen molar-refractivity contribution in [3.63, 3.8) is 0 Å². The lowest BCUT2D eigenvalue weighted by molar-refractivity contribution is 0.718. The fourth-order valence-corrected chi connectivity index (χ4v) is 13.6. The summed E-state index contributed by atoms with van der Waals surface area (Å²) >= 11 is 1.86. The Morgan fingerprint density at radius 3 is 1.37 bits per heavy atom. The average molecular weight is 923 g/mol. The Kier molecular flexibility index (Phi) is 7.94. The molecule has 0 atom stereocenters. The van der Waals surface area contributed by atoms with Gasteiger partial charge in [0.25, 0.3) is 0 Å². The Labute approximate surface area is 411 Å². The van der Waals surface area contributed by atoms with Gasteiger partial charge in [0, 0.05) is 60.2 Å². The SMILES string of the molecule is c1cc(-n2c3ccccc3c3ccccc32)nc(-n2c3ccccc3c3cc(-c4ccc5c(c4)Sc4ccc(-n6c7ccccc7c7ccccc76)cc4C54c5cccnc5-c5ncccc54)ccc32)c1. The first-order valence-electron chi connectivity index (χ1n) is 24.1. The van der Waals surface area contributed by atoms with Crippen LogP contribution in [0.3, 0.4) is 0 Å². The molecule has 6 nitrogen and oxygen atoms in total. The number of hydrogen-bond acceptors (Lipinski definition) is 4. The Hall–Kier alpha value is -9.04. The largest absolute Gasteiger partial charge is 0.309 e. The summed E-state index contributed by atoms with van der Waals surface area (Å²) in [6.07, 6.45) is 3.80. The molecule has 0 bridgehead atoms. The van der Waals surface area contributed by atoms with E-state index in [9.17, 15) is 0 Å². The van der Waals surface area contributed by atoms with E-state index in [0.717, 1.165) is 73.0 Å². The van der Waals surface area contributed by atoms with Gasteiger partial charge in [-0.1, -0.05) is 139 Å². The van der Waals surface area contributed by atoms with Gasteiger partial charge in [0.05, 0.1) is 49.9 Å². The number of hydrogen-bond donors (Lipinski definition) is 0. The van der Waals surface area contributed by atoms with E-state index in [2.05, 4.69) is 232 Å². The second-order valence-corrected chi connectivity index (χ2v) is 19.8. The van der Waals surface area contributed by atoms with Gasteiger partial charge in [-0.15, -0.1) is 0 Å². The number of fused-ring (bicyclic) bond motifs is 18. The maximum Gasteiger partial charge on any atom is 0.140 e. The molecule has 1 spiro atoms. The van der Waals surface area contributed by atoms with E-state index in [0.29, 0.717) is 0 Å². The molecular formula is C64H38N6S. The molecule has 6 aromatic heterocycles. The first-order valence-corrected chi connectivity index (χ1v) is 24.9. The molecule has 330 valence electrons. The molecular weight excluding hydrogens is 885 g/mol. The normalized spacial score (nSPS) is 13.4. The van der Waals surface area contributed by atoms with Crippen molar-refractivity contribution in [2.75, 3.05) is 0 Å². The Balaban J connectivity index is 0.866. The fraction of sp³-hybridized carbons (Fsp3) is 0.0156. The Bertz CT molecular complexity index is 4440. The van der Waals surface area contributed by atoms with Crippen LogP contribution in [-0.4, -0.2) is 28.7 Å². The van der Waals surface area contributed by atoms with Crippen LogP contribution in [0.1, 0.15) is 22.3 Å². The molecule has 0 fully saturated rings. The standard InChI is InChI=1S/C64H38N6S/c1-6-21-52-42(14-1)43-15-2-7-22-53(43)68(52)41-30-33-58-51(38-41)64(49-19-12-34-65-62(49)63-50(64)20-13-35-66-63)48-31-28-40(37-59(48)71-58)39-29-32-57-47(36-39)46-18-5-10-25-56(46)70(57)61-27-11-26-60(67-61)69-54-23-8-3-16-44(54)45-17-4-9-24-55(45)69/h1-38H. The number of nitrogens with zero attached hydrogens (tertiary/aromatic N) is 6. The van der Waals surface area contributed by atoms with Gasteiger partial charge in [-0.2, -0.15) is 0 Å². The van der Waals surface area contributed by atoms with E-state index >= 15 is 0 Å². The lowest BCUT2D eigenvalue weighted by Crippen LogP contribution is -2.32. The Morgan fingerprint density at radius 2 is 0.803 bits per heavy atom. The first kappa shape index (κ1) is 38.9. The third-order valence-corrected chi connectivity index (χ3v) is 16.4. The van der Waals surface area contributed by atoms with E-state index < -0.39 is 5.41 Å². The van der Waals surface area contributed by atoms with E-state index in [1.165, 1.54) is 64.3 Å². The Morgan fingerprint density at radius 1 is 0.324 bits per heavy atom. The summed E-state index contributed by atoms with van der Waals surface area (Å²) < 4.78 is 7.04. The first-order chi connectivity index (χ1) is 35.2. The number of rotatable bonds is 4. The van der Waals surface area contributed by atoms with Crippen molar-refractivity contribution in [1.29, 1.82) is 0 Å². The molecule has 0 amide bonds. The van der Waals surface area contributed by atoms with Crippen molar-refractivity contribution in [2.24, 2.45) is 0 Å². The van der Waals surface area contributed by atoms with Gasteiger partial charge < -0.3 is 4.57 Å². The van der Waals surface area contributed by atoms with Crippen LogP contribution in [-0.2, 0) is 5.41 Å². The smallest absolute Gasteiger partial charge is 0.140 e. The lowest BCUT2D eigenvalue weighted by atomic mass is 9.67. The van der Waals surface area contributed by atoms with Crippen molar-refractivity contribution in [3.05, 3.63) is 253 Å². The predicted molar refractivity (Wildman–Crippen MR) is 290 cm³/mol. The van der Waals surface area contributed by atoms with Crippen LogP contribution in [0.25, 0.3) is 105 Å². The molecule has 8 aromatic carbocycles. The van der Waals surface area contributed by atoms with Crippen LogP contribution in [0.5, 0.6) is 0 Å². The minimum absolute atomic E-state index is 0.644.